The number of anilines is 1. The topological polar surface area (TPSA) is 61.4 Å². The van der Waals surface area contributed by atoms with Crippen molar-refractivity contribution in [3.05, 3.63) is 24.3 Å². The molecule has 0 aliphatic rings. The van der Waals surface area contributed by atoms with Crippen LogP contribution in [-0.4, -0.2) is 46.0 Å². The summed E-state index contributed by atoms with van der Waals surface area (Å²) < 4.78 is 27.2. The maximum Gasteiger partial charge on any atom is 0.240 e. The van der Waals surface area contributed by atoms with Crippen molar-refractivity contribution in [1.29, 1.82) is 0 Å². The predicted molar refractivity (Wildman–Crippen MR) is 88.2 cm³/mol. The van der Waals surface area contributed by atoms with Gasteiger partial charge in [0.2, 0.25) is 10.0 Å². The van der Waals surface area contributed by atoms with Gasteiger partial charge in [0.1, 0.15) is 0 Å². The summed E-state index contributed by atoms with van der Waals surface area (Å²) in [4.78, 5) is 2.28. The zero-order chi connectivity index (χ0) is 16.1. The Morgan fingerprint density at radius 3 is 2.19 bits per heavy atom. The number of hydrogen-bond donors (Lipinski definition) is 2. The predicted octanol–water partition coefficient (Wildman–Crippen LogP) is 2.13. The van der Waals surface area contributed by atoms with E-state index >= 15 is 0 Å². The van der Waals surface area contributed by atoms with Gasteiger partial charge in [-0.1, -0.05) is 6.92 Å². The SMILES string of the molecule is CCCNc1ccc(S(=O)(=O)NCC(C)(C)N(C)C)cc1. The third kappa shape index (κ3) is 5.30. The van der Waals surface area contributed by atoms with Crippen LogP contribution in [0.25, 0.3) is 0 Å². The Balaban J connectivity index is 2.74. The second-order valence-electron chi connectivity index (χ2n) is 5.98. The molecule has 0 bridgehead atoms. The molecule has 0 radical (unpaired) electrons. The standard InChI is InChI=1S/C15H27N3O2S/c1-6-11-16-13-7-9-14(10-8-13)21(19,20)17-12-15(2,3)18(4)5/h7-10,16-17H,6,11-12H2,1-5H3. The monoisotopic (exact) mass is 313 g/mol. The molecule has 0 aromatic heterocycles. The van der Waals surface area contributed by atoms with Gasteiger partial charge in [-0.15, -0.1) is 0 Å². The van der Waals surface area contributed by atoms with Crippen molar-refractivity contribution in [3.8, 4) is 0 Å². The molecule has 1 aromatic rings. The molecule has 0 aliphatic carbocycles. The molecule has 0 atom stereocenters. The minimum atomic E-state index is -3.47. The third-order valence-corrected chi connectivity index (χ3v) is 5.07. The van der Waals surface area contributed by atoms with Crippen molar-refractivity contribution in [2.75, 3.05) is 32.5 Å². The molecule has 5 nitrogen and oxygen atoms in total. The summed E-state index contributed by atoms with van der Waals surface area (Å²) in [6, 6.07) is 6.84. The fourth-order valence-corrected chi connectivity index (χ4v) is 2.74. The number of nitrogens with one attached hydrogen (secondary N) is 2. The van der Waals surface area contributed by atoms with Gasteiger partial charge in [0, 0.05) is 24.3 Å². The summed E-state index contributed by atoms with van der Waals surface area (Å²) in [5.41, 5.74) is 0.694. The van der Waals surface area contributed by atoms with E-state index in [0.717, 1.165) is 18.7 Å². The van der Waals surface area contributed by atoms with Crippen LogP contribution in [0, 0.1) is 0 Å². The van der Waals surface area contributed by atoms with E-state index in [4.69, 9.17) is 0 Å². The van der Waals surface area contributed by atoms with E-state index < -0.39 is 10.0 Å². The van der Waals surface area contributed by atoms with Gasteiger partial charge >= 0.3 is 0 Å². The number of nitrogens with zero attached hydrogens (tertiary/aromatic N) is 1. The smallest absolute Gasteiger partial charge is 0.240 e. The summed E-state index contributed by atoms with van der Waals surface area (Å²) in [6.07, 6.45) is 1.03. The van der Waals surface area contributed by atoms with E-state index in [1.807, 2.05) is 32.8 Å². The van der Waals surface area contributed by atoms with Crippen LogP contribution < -0.4 is 10.0 Å². The lowest BCUT2D eigenvalue weighted by molar-refractivity contribution is 0.199. The van der Waals surface area contributed by atoms with Crippen LogP contribution in [0.15, 0.2) is 29.2 Å². The van der Waals surface area contributed by atoms with Gasteiger partial charge in [0.15, 0.2) is 0 Å². The summed E-state index contributed by atoms with van der Waals surface area (Å²) in [7, 11) is 0.397. The zero-order valence-corrected chi connectivity index (χ0v) is 14.4. The first-order valence-electron chi connectivity index (χ1n) is 7.20. The van der Waals surface area contributed by atoms with E-state index in [-0.39, 0.29) is 5.54 Å². The fraction of sp³-hybridized carbons (Fsp3) is 0.600. The van der Waals surface area contributed by atoms with Gasteiger partial charge in [-0.2, -0.15) is 0 Å². The molecule has 1 aromatic carbocycles. The lowest BCUT2D eigenvalue weighted by Gasteiger charge is -2.32. The van der Waals surface area contributed by atoms with E-state index in [1.165, 1.54) is 0 Å². The minimum absolute atomic E-state index is 0.240. The highest BCUT2D eigenvalue weighted by atomic mass is 32.2. The van der Waals surface area contributed by atoms with Crippen LogP contribution in [0.2, 0.25) is 0 Å². The van der Waals surface area contributed by atoms with Crippen LogP contribution in [0.4, 0.5) is 5.69 Å². The molecule has 6 heteroatoms. The van der Waals surface area contributed by atoms with Crippen LogP contribution in [-0.2, 0) is 10.0 Å². The molecule has 0 fully saturated rings. The van der Waals surface area contributed by atoms with E-state index in [0.29, 0.717) is 11.4 Å². The van der Waals surface area contributed by atoms with Gasteiger partial charge < -0.3 is 10.2 Å². The highest BCUT2D eigenvalue weighted by Crippen LogP contribution is 2.15. The first-order chi connectivity index (χ1) is 9.69. The highest BCUT2D eigenvalue weighted by molar-refractivity contribution is 7.89. The Morgan fingerprint density at radius 2 is 1.71 bits per heavy atom. The molecule has 0 saturated carbocycles. The van der Waals surface area contributed by atoms with Gasteiger partial charge in [-0.3, -0.25) is 0 Å². The van der Waals surface area contributed by atoms with E-state index in [1.54, 1.807) is 24.3 Å². The average Bonchev–Trinajstić information content (AvgIpc) is 2.43. The Morgan fingerprint density at radius 1 is 1.14 bits per heavy atom. The molecule has 0 unspecified atom stereocenters. The van der Waals surface area contributed by atoms with Crippen molar-refractivity contribution >= 4 is 15.7 Å². The Kier molecular flexibility index (Phi) is 6.19. The zero-order valence-electron chi connectivity index (χ0n) is 13.6. The second kappa shape index (κ2) is 7.24. The van der Waals surface area contributed by atoms with Gasteiger partial charge in [0.25, 0.3) is 0 Å². The van der Waals surface area contributed by atoms with Gasteiger partial charge in [-0.25, -0.2) is 13.1 Å². The number of hydrogen-bond acceptors (Lipinski definition) is 4. The number of likely N-dealkylation sites (N-methyl/N-ethyl adjacent to an activating group) is 1. The normalized spacial score (nSPS) is 12.7. The number of sulfonamides is 1. The molecule has 0 saturated heterocycles. The second-order valence-corrected chi connectivity index (χ2v) is 7.75. The summed E-state index contributed by atoms with van der Waals surface area (Å²) in [6.45, 7) is 7.31. The quantitative estimate of drug-likeness (QED) is 0.772. The Hall–Kier alpha value is -1.11. The van der Waals surface area contributed by atoms with Crippen LogP contribution in [0.5, 0.6) is 0 Å². The number of rotatable bonds is 8. The first kappa shape index (κ1) is 17.9. The summed E-state index contributed by atoms with van der Waals surface area (Å²) >= 11 is 0. The lowest BCUT2D eigenvalue weighted by atomic mass is 10.1. The molecule has 0 amide bonds. The first-order valence-corrected chi connectivity index (χ1v) is 8.68. The molecular formula is C15H27N3O2S. The van der Waals surface area contributed by atoms with Crippen molar-refractivity contribution < 1.29 is 8.42 Å². The van der Waals surface area contributed by atoms with Crippen molar-refractivity contribution in [1.82, 2.24) is 9.62 Å². The van der Waals surface area contributed by atoms with E-state index in [9.17, 15) is 8.42 Å². The van der Waals surface area contributed by atoms with Crippen molar-refractivity contribution in [3.63, 3.8) is 0 Å². The number of benzene rings is 1. The molecule has 0 heterocycles. The molecule has 1 rings (SSSR count). The fourth-order valence-electron chi connectivity index (χ4n) is 1.53. The van der Waals surface area contributed by atoms with Gasteiger partial charge in [0.05, 0.1) is 4.90 Å². The van der Waals surface area contributed by atoms with Crippen LogP contribution >= 0.6 is 0 Å². The highest BCUT2D eigenvalue weighted by Gasteiger charge is 2.24. The molecule has 120 valence electrons. The average molecular weight is 313 g/mol. The molecule has 21 heavy (non-hydrogen) atoms. The maximum absolute atomic E-state index is 12.3. The summed E-state index contributed by atoms with van der Waals surface area (Å²) in [5.74, 6) is 0. The van der Waals surface area contributed by atoms with Crippen LogP contribution in [0.3, 0.4) is 0 Å². The van der Waals surface area contributed by atoms with Crippen molar-refractivity contribution in [2.24, 2.45) is 0 Å². The molecule has 0 spiro atoms. The van der Waals surface area contributed by atoms with Crippen molar-refractivity contribution in [2.45, 2.75) is 37.6 Å². The Bertz CT molecular complexity index is 537. The Labute approximate surface area is 128 Å². The molecule has 0 aliphatic heterocycles. The molecule has 2 N–H and O–H groups in total. The molecular weight excluding hydrogens is 286 g/mol. The van der Waals surface area contributed by atoms with E-state index in [2.05, 4.69) is 17.0 Å². The van der Waals surface area contributed by atoms with Crippen LogP contribution in [0.1, 0.15) is 27.2 Å². The third-order valence-electron chi connectivity index (χ3n) is 3.65. The minimum Gasteiger partial charge on any atom is -0.385 e. The lowest BCUT2D eigenvalue weighted by Crippen LogP contribution is -2.48. The summed E-state index contributed by atoms with van der Waals surface area (Å²) in [5, 5.41) is 3.22. The van der Waals surface area contributed by atoms with Gasteiger partial charge in [-0.05, 0) is 58.6 Å². The maximum atomic E-state index is 12.3. The largest absolute Gasteiger partial charge is 0.385 e.